The third-order valence-corrected chi connectivity index (χ3v) is 8.11. The lowest BCUT2D eigenvalue weighted by atomic mass is 9.93. The molecule has 2 aromatic carbocycles. The van der Waals surface area contributed by atoms with Gasteiger partial charge in [0.25, 0.3) is 5.91 Å². The second-order valence-electron chi connectivity index (χ2n) is 8.89. The van der Waals surface area contributed by atoms with Gasteiger partial charge in [0.05, 0.1) is 18.0 Å². The lowest BCUT2D eigenvalue weighted by Gasteiger charge is -2.22. The monoisotopic (exact) mass is 458 g/mol. The molecule has 32 heavy (non-hydrogen) atoms. The molecule has 0 aromatic heterocycles. The first-order chi connectivity index (χ1) is 15.1. The van der Waals surface area contributed by atoms with Crippen molar-refractivity contribution in [1.82, 2.24) is 9.62 Å². The van der Waals surface area contributed by atoms with Gasteiger partial charge in [-0.2, -0.15) is 4.31 Å². The van der Waals surface area contributed by atoms with E-state index < -0.39 is 10.0 Å². The number of methoxy groups -OCH3 is 1. The summed E-state index contributed by atoms with van der Waals surface area (Å²) in [5.41, 5.74) is 4.25. The SMILES string of the molecule is COc1cc(C)c([C@H](C)NC(=O)c2cc(S(=O)(=O)N3CCCC3)ccc2C)cc1C(C)C. The van der Waals surface area contributed by atoms with Crippen molar-refractivity contribution < 1.29 is 17.9 Å². The van der Waals surface area contributed by atoms with Gasteiger partial charge in [-0.15, -0.1) is 0 Å². The number of amides is 1. The summed E-state index contributed by atoms with van der Waals surface area (Å²) in [6.45, 7) is 11.0. The zero-order valence-electron chi connectivity index (χ0n) is 19.9. The minimum absolute atomic E-state index is 0.172. The summed E-state index contributed by atoms with van der Waals surface area (Å²) in [6.07, 6.45) is 1.74. The van der Waals surface area contributed by atoms with Crippen molar-refractivity contribution in [3.8, 4) is 5.75 Å². The Bertz CT molecular complexity index is 1100. The predicted octanol–water partition coefficient (Wildman–Crippen LogP) is 4.71. The molecule has 0 aliphatic carbocycles. The van der Waals surface area contributed by atoms with E-state index in [1.165, 1.54) is 10.4 Å². The summed E-state index contributed by atoms with van der Waals surface area (Å²) in [5.74, 6) is 0.840. The number of benzene rings is 2. The van der Waals surface area contributed by atoms with Crippen molar-refractivity contribution in [2.45, 2.75) is 64.3 Å². The molecule has 2 aromatic rings. The maximum absolute atomic E-state index is 13.2. The fraction of sp³-hybridized carbons (Fsp3) is 0.480. The molecule has 1 N–H and O–H groups in total. The van der Waals surface area contributed by atoms with Crippen LogP contribution in [0.25, 0.3) is 0 Å². The van der Waals surface area contributed by atoms with Gasteiger partial charge < -0.3 is 10.1 Å². The van der Waals surface area contributed by atoms with Gasteiger partial charge >= 0.3 is 0 Å². The van der Waals surface area contributed by atoms with Gasteiger partial charge in [0.1, 0.15) is 5.75 Å². The predicted molar refractivity (Wildman–Crippen MR) is 127 cm³/mol. The fourth-order valence-corrected chi connectivity index (χ4v) is 5.79. The van der Waals surface area contributed by atoms with Crippen LogP contribution in [0, 0.1) is 13.8 Å². The van der Waals surface area contributed by atoms with E-state index in [-0.39, 0.29) is 22.8 Å². The number of sulfonamides is 1. The Hall–Kier alpha value is -2.38. The third kappa shape index (κ3) is 4.84. The van der Waals surface area contributed by atoms with Gasteiger partial charge in [0.15, 0.2) is 0 Å². The van der Waals surface area contributed by atoms with Crippen molar-refractivity contribution in [2.24, 2.45) is 0 Å². The molecule has 7 heteroatoms. The van der Waals surface area contributed by atoms with Gasteiger partial charge in [-0.25, -0.2) is 8.42 Å². The van der Waals surface area contributed by atoms with Crippen molar-refractivity contribution in [1.29, 1.82) is 0 Å². The Balaban J connectivity index is 1.88. The molecule has 1 aliphatic heterocycles. The lowest BCUT2D eigenvalue weighted by molar-refractivity contribution is 0.0939. The summed E-state index contributed by atoms with van der Waals surface area (Å²) < 4.78 is 32.9. The van der Waals surface area contributed by atoms with E-state index in [0.29, 0.717) is 18.7 Å². The highest BCUT2D eigenvalue weighted by atomic mass is 32.2. The molecule has 0 unspecified atom stereocenters. The van der Waals surface area contributed by atoms with E-state index in [1.807, 2.05) is 26.8 Å². The van der Waals surface area contributed by atoms with Crippen LogP contribution in [0.4, 0.5) is 0 Å². The van der Waals surface area contributed by atoms with Crippen LogP contribution >= 0.6 is 0 Å². The van der Waals surface area contributed by atoms with Gasteiger partial charge in [-0.05, 0) is 86.1 Å². The largest absolute Gasteiger partial charge is 0.496 e. The number of hydrogen-bond donors (Lipinski definition) is 1. The van der Waals surface area contributed by atoms with E-state index in [0.717, 1.165) is 40.8 Å². The summed E-state index contributed by atoms with van der Waals surface area (Å²) in [6, 6.07) is 8.64. The molecule has 1 atom stereocenters. The second kappa shape index (κ2) is 9.63. The van der Waals surface area contributed by atoms with E-state index >= 15 is 0 Å². The van der Waals surface area contributed by atoms with Crippen LogP contribution in [-0.4, -0.2) is 38.8 Å². The molecule has 0 saturated carbocycles. The fourth-order valence-electron chi connectivity index (χ4n) is 4.25. The summed E-state index contributed by atoms with van der Waals surface area (Å²) in [5, 5.41) is 3.06. The molecule has 6 nitrogen and oxygen atoms in total. The number of carbonyl (C=O) groups excluding carboxylic acids is 1. The van der Waals surface area contributed by atoms with Crippen molar-refractivity contribution in [3.05, 3.63) is 58.1 Å². The molecule has 1 fully saturated rings. The zero-order valence-corrected chi connectivity index (χ0v) is 20.7. The maximum Gasteiger partial charge on any atom is 0.252 e. The number of aryl methyl sites for hydroxylation is 2. The first-order valence-corrected chi connectivity index (χ1v) is 12.6. The highest BCUT2D eigenvalue weighted by Gasteiger charge is 2.28. The molecule has 3 rings (SSSR count). The second-order valence-corrected chi connectivity index (χ2v) is 10.8. The van der Waals surface area contributed by atoms with Crippen LogP contribution in [0.2, 0.25) is 0 Å². The number of nitrogens with one attached hydrogen (secondary N) is 1. The Labute approximate surface area is 192 Å². The van der Waals surface area contributed by atoms with Crippen molar-refractivity contribution in [3.63, 3.8) is 0 Å². The summed E-state index contributed by atoms with van der Waals surface area (Å²) >= 11 is 0. The minimum Gasteiger partial charge on any atom is -0.496 e. The van der Waals surface area contributed by atoms with Crippen LogP contribution in [0.15, 0.2) is 35.2 Å². The minimum atomic E-state index is -3.58. The van der Waals surface area contributed by atoms with Gasteiger partial charge in [0, 0.05) is 18.7 Å². The molecule has 174 valence electrons. The van der Waals surface area contributed by atoms with Gasteiger partial charge in [-0.3, -0.25) is 4.79 Å². The van der Waals surface area contributed by atoms with Crippen molar-refractivity contribution in [2.75, 3.05) is 20.2 Å². The third-order valence-electron chi connectivity index (χ3n) is 6.21. The molecule has 1 heterocycles. The van der Waals surface area contributed by atoms with Crippen LogP contribution in [-0.2, 0) is 10.0 Å². The van der Waals surface area contributed by atoms with E-state index in [1.54, 1.807) is 19.2 Å². The molecular formula is C25H34N2O4S. The van der Waals surface area contributed by atoms with E-state index in [9.17, 15) is 13.2 Å². The Morgan fingerprint density at radius 2 is 1.66 bits per heavy atom. The number of nitrogens with zero attached hydrogens (tertiary/aromatic N) is 1. The smallest absolute Gasteiger partial charge is 0.252 e. The van der Waals surface area contributed by atoms with Crippen molar-refractivity contribution >= 4 is 15.9 Å². The van der Waals surface area contributed by atoms with Crippen LogP contribution in [0.5, 0.6) is 5.75 Å². The quantitative estimate of drug-likeness (QED) is 0.652. The van der Waals surface area contributed by atoms with Crippen LogP contribution in [0.1, 0.15) is 78.2 Å². The number of rotatable bonds is 7. The Morgan fingerprint density at radius 1 is 1.00 bits per heavy atom. The highest BCUT2D eigenvalue weighted by molar-refractivity contribution is 7.89. The average Bonchev–Trinajstić information content (AvgIpc) is 3.29. The van der Waals surface area contributed by atoms with E-state index in [4.69, 9.17) is 4.74 Å². The molecule has 0 radical (unpaired) electrons. The first-order valence-electron chi connectivity index (χ1n) is 11.2. The lowest BCUT2D eigenvalue weighted by Crippen LogP contribution is -2.30. The van der Waals surface area contributed by atoms with Gasteiger partial charge in [0.2, 0.25) is 10.0 Å². The molecular weight excluding hydrogens is 424 g/mol. The summed E-state index contributed by atoms with van der Waals surface area (Å²) in [7, 11) is -1.92. The molecule has 0 spiro atoms. The van der Waals surface area contributed by atoms with Gasteiger partial charge in [-0.1, -0.05) is 19.9 Å². The van der Waals surface area contributed by atoms with E-state index in [2.05, 4.69) is 25.2 Å². The molecule has 1 aliphatic rings. The summed E-state index contributed by atoms with van der Waals surface area (Å²) in [4.78, 5) is 13.3. The number of carbonyl (C=O) groups is 1. The maximum atomic E-state index is 13.2. The normalized spacial score (nSPS) is 15.7. The number of ether oxygens (including phenoxy) is 1. The highest BCUT2D eigenvalue weighted by Crippen LogP contribution is 2.32. The molecule has 1 amide bonds. The standard InChI is InChI=1S/C25H34N2O4S/c1-16(2)21-15-22(18(4)13-24(21)31-6)19(5)26-25(28)23-14-20(10-9-17(23)3)32(29,30)27-11-7-8-12-27/h9-10,13-16,19H,7-8,11-12H2,1-6H3,(H,26,28)/t19-/m0/s1. The molecule has 0 bridgehead atoms. The topological polar surface area (TPSA) is 75.7 Å². The first kappa shape index (κ1) is 24.3. The number of hydrogen-bond acceptors (Lipinski definition) is 4. The zero-order chi connectivity index (χ0) is 23.6. The molecule has 1 saturated heterocycles. The Kier molecular flexibility index (Phi) is 7.30. The van der Waals surface area contributed by atoms with Crippen LogP contribution < -0.4 is 10.1 Å². The Morgan fingerprint density at radius 3 is 2.25 bits per heavy atom. The van der Waals surface area contributed by atoms with Crippen LogP contribution in [0.3, 0.4) is 0 Å². The average molecular weight is 459 g/mol.